The van der Waals surface area contributed by atoms with Crippen molar-refractivity contribution in [2.24, 2.45) is 0 Å². The van der Waals surface area contributed by atoms with Crippen molar-refractivity contribution in [2.75, 3.05) is 6.61 Å². The summed E-state index contributed by atoms with van der Waals surface area (Å²) in [6.45, 7) is 11.9. The third-order valence-electron chi connectivity index (χ3n) is 2.79. The molecule has 112 valence electrons. The molecule has 0 saturated heterocycles. The Labute approximate surface area is 126 Å². The fraction of sp³-hybridized carbons (Fsp3) is 0.562. The van der Waals surface area contributed by atoms with Crippen LogP contribution in [0.4, 0.5) is 0 Å². The Kier molecular flexibility index (Phi) is 5.46. The predicted molar refractivity (Wildman–Crippen MR) is 83.7 cm³/mol. The van der Waals surface area contributed by atoms with Crippen LogP contribution in [0.3, 0.4) is 0 Å². The van der Waals surface area contributed by atoms with E-state index in [4.69, 9.17) is 16.3 Å². The molecule has 1 aromatic carbocycles. The number of hydrogen-bond acceptors (Lipinski definition) is 2. The Morgan fingerprint density at radius 3 is 2.45 bits per heavy atom. The van der Waals surface area contributed by atoms with Gasteiger partial charge in [0.15, 0.2) is 6.61 Å². The number of hydrogen-bond donors (Lipinski definition) is 1. The normalized spacial score (nSPS) is 11.6. The summed E-state index contributed by atoms with van der Waals surface area (Å²) in [5, 5.41) is 3.60. The first-order valence-electron chi connectivity index (χ1n) is 6.84. The van der Waals surface area contributed by atoms with Gasteiger partial charge in [0, 0.05) is 10.6 Å². The molecule has 20 heavy (non-hydrogen) atoms. The lowest BCUT2D eigenvalue weighted by Gasteiger charge is -2.21. The van der Waals surface area contributed by atoms with E-state index in [-0.39, 0.29) is 24.0 Å². The largest absolute Gasteiger partial charge is 0.483 e. The number of amides is 1. The average Bonchev–Trinajstić information content (AvgIpc) is 2.27. The summed E-state index contributed by atoms with van der Waals surface area (Å²) in [7, 11) is 0. The molecule has 1 aromatic rings. The third-order valence-corrected chi connectivity index (χ3v) is 3.19. The molecule has 4 heteroatoms. The summed E-state index contributed by atoms with van der Waals surface area (Å²) in [5.41, 5.74) is 1.71. The van der Waals surface area contributed by atoms with Crippen LogP contribution in [-0.2, 0) is 4.79 Å². The third kappa shape index (κ3) is 5.04. The zero-order chi connectivity index (χ0) is 15.5. The highest BCUT2D eigenvalue weighted by molar-refractivity contribution is 6.31. The van der Waals surface area contributed by atoms with E-state index in [1.54, 1.807) is 0 Å². The lowest BCUT2D eigenvalue weighted by molar-refractivity contribution is -0.124. The van der Waals surface area contributed by atoms with Crippen LogP contribution in [0.15, 0.2) is 12.1 Å². The second-order valence-corrected chi connectivity index (χ2v) is 6.79. The van der Waals surface area contributed by atoms with Crippen LogP contribution < -0.4 is 10.1 Å². The number of halogens is 1. The van der Waals surface area contributed by atoms with Crippen LogP contribution in [0, 0.1) is 6.92 Å². The van der Waals surface area contributed by atoms with Gasteiger partial charge in [-0.3, -0.25) is 4.79 Å². The fourth-order valence-corrected chi connectivity index (χ4v) is 2.02. The number of benzene rings is 1. The number of carbonyl (C=O) groups is 1. The smallest absolute Gasteiger partial charge is 0.258 e. The minimum atomic E-state index is -0.253. The van der Waals surface area contributed by atoms with Crippen LogP contribution >= 0.6 is 11.6 Å². The van der Waals surface area contributed by atoms with Gasteiger partial charge in [-0.15, -0.1) is 0 Å². The van der Waals surface area contributed by atoms with Gasteiger partial charge >= 0.3 is 0 Å². The zero-order valence-corrected chi connectivity index (χ0v) is 13.9. The Morgan fingerprint density at radius 2 is 1.95 bits per heavy atom. The standard InChI is InChI=1S/C16H24ClNO2/c1-10(2)12-8-13(17)11(3)7-14(12)20-9-15(19)18-16(4,5)6/h7-8,10H,9H2,1-6H3,(H,18,19). The Balaban J connectivity index is 2.82. The van der Waals surface area contributed by atoms with E-state index in [1.165, 1.54) is 0 Å². The molecule has 0 atom stereocenters. The molecule has 0 saturated carbocycles. The number of ether oxygens (including phenoxy) is 1. The van der Waals surface area contributed by atoms with Gasteiger partial charge in [0.2, 0.25) is 0 Å². The van der Waals surface area contributed by atoms with Crippen molar-refractivity contribution < 1.29 is 9.53 Å². The molecule has 0 aromatic heterocycles. The van der Waals surface area contributed by atoms with Crippen LogP contribution in [0.2, 0.25) is 5.02 Å². The molecule has 0 radical (unpaired) electrons. The van der Waals surface area contributed by atoms with Crippen molar-refractivity contribution in [1.82, 2.24) is 5.32 Å². The lowest BCUT2D eigenvalue weighted by Crippen LogP contribution is -2.43. The summed E-state index contributed by atoms with van der Waals surface area (Å²) >= 11 is 6.14. The molecule has 0 fully saturated rings. The molecule has 0 spiro atoms. The first-order valence-corrected chi connectivity index (χ1v) is 7.22. The minimum absolute atomic E-state index is 0.0120. The van der Waals surface area contributed by atoms with Crippen molar-refractivity contribution >= 4 is 17.5 Å². The summed E-state index contributed by atoms with van der Waals surface area (Å²) in [5.74, 6) is 0.888. The predicted octanol–water partition coefficient (Wildman–Crippen LogP) is 4.07. The second kappa shape index (κ2) is 6.49. The summed E-state index contributed by atoms with van der Waals surface area (Å²) in [6, 6.07) is 3.81. The van der Waals surface area contributed by atoms with Gasteiger partial charge in [-0.05, 0) is 56.9 Å². The topological polar surface area (TPSA) is 38.3 Å². The van der Waals surface area contributed by atoms with Gasteiger partial charge < -0.3 is 10.1 Å². The molecule has 1 N–H and O–H groups in total. The van der Waals surface area contributed by atoms with E-state index in [9.17, 15) is 4.79 Å². The minimum Gasteiger partial charge on any atom is -0.483 e. The maximum Gasteiger partial charge on any atom is 0.258 e. The highest BCUT2D eigenvalue weighted by Gasteiger charge is 2.16. The summed E-state index contributed by atoms with van der Waals surface area (Å²) < 4.78 is 5.67. The zero-order valence-electron chi connectivity index (χ0n) is 13.1. The van der Waals surface area contributed by atoms with Gasteiger partial charge in [-0.2, -0.15) is 0 Å². The van der Waals surface area contributed by atoms with Gasteiger partial charge in [0.25, 0.3) is 5.91 Å². The SMILES string of the molecule is Cc1cc(OCC(=O)NC(C)(C)C)c(C(C)C)cc1Cl. The Bertz CT molecular complexity index is 490. The number of carbonyl (C=O) groups excluding carboxylic acids is 1. The molecule has 0 unspecified atom stereocenters. The first-order chi connectivity index (χ1) is 9.10. The Morgan fingerprint density at radius 1 is 1.35 bits per heavy atom. The number of aryl methyl sites for hydroxylation is 1. The maximum atomic E-state index is 11.8. The van der Waals surface area contributed by atoms with Crippen molar-refractivity contribution in [3.05, 3.63) is 28.3 Å². The lowest BCUT2D eigenvalue weighted by atomic mass is 10.0. The summed E-state index contributed by atoms with van der Waals surface area (Å²) in [6.07, 6.45) is 0. The molecular formula is C16H24ClNO2. The number of nitrogens with one attached hydrogen (secondary N) is 1. The molecular weight excluding hydrogens is 274 g/mol. The van der Waals surface area contributed by atoms with Crippen molar-refractivity contribution in [3.63, 3.8) is 0 Å². The summed E-state index contributed by atoms with van der Waals surface area (Å²) in [4.78, 5) is 11.8. The highest BCUT2D eigenvalue weighted by atomic mass is 35.5. The Hall–Kier alpha value is -1.22. The number of rotatable bonds is 4. The van der Waals surface area contributed by atoms with Crippen LogP contribution in [0.5, 0.6) is 5.75 Å². The van der Waals surface area contributed by atoms with Crippen molar-refractivity contribution in [1.29, 1.82) is 0 Å². The van der Waals surface area contributed by atoms with E-state index in [0.29, 0.717) is 0 Å². The van der Waals surface area contributed by atoms with E-state index in [0.717, 1.165) is 21.9 Å². The highest BCUT2D eigenvalue weighted by Crippen LogP contribution is 2.31. The van der Waals surface area contributed by atoms with E-state index < -0.39 is 0 Å². The monoisotopic (exact) mass is 297 g/mol. The first kappa shape index (κ1) is 16.8. The van der Waals surface area contributed by atoms with Crippen LogP contribution in [0.1, 0.15) is 51.7 Å². The molecule has 0 aliphatic rings. The van der Waals surface area contributed by atoms with E-state index in [2.05, 4.69) is 19.2 Å². The molecule has 0 heterocycles. The molecule has 0 bridgehead atoms. The molecule has 0 aliphatic carbocycles. The van der Waals surface area contributed by atoms with Crippen LogP contribution in [0.25, 0.3) is 0 Å². The molecule has 1 amide bonds. The molecule has 0 aliphatic heterocycles. The van der Waals surface area contributed by atoms with Crippen LogP contribution in [-0.4, -0.2) is 18.1 Å². The van der Waals surface area contributed by atoms with Crippen molar-refractivity contribution in [3.8, 4) is 5.75 Å². The second-order valence-electron chi connectivity index (χ2n) is 6.38. The average molecular weight is 298 g/mol. The molecule has 1 rings (SSSR count). The fourth-order valence-electron chi connectivity index (χ4n) is 1.84. The van der Waals surface area contributed by atoms with Gasteiger partial charge in [0.05, 0.1) is 0 Å². The van der Waals surface area contributed by atoms with E-state index >= 15 is 0 Å². The van der Waals surface area contributed by atoms with Crippen molar-refractivity contribution in [2.45, 2.75) is 53.0 Å². The van der Waals surface area contributed by atoms with E-state index in [1.807, 2.05) is 39.8 Å². The van der Waals surface area contributed by atoms with Gasteiger partial charge in [-0.1, -0.05) is 25.4 Å². The maximum absolute atomic E-state index is 11.8. The van der Waals surface area contributed by atoms with Gasteiger partial charge in [-0.25, -0.2) is 0 Å². The van der Waals surface area contributed by atoms with Gasteiger partial charge in [0.1, 0.15) is 5.75 Å². The molecule has 3 nitrogen and oxygen atoms in total. The quantitative estimate of drug-likeness (QED) is 0.910.